The first-order chi connectivity index (χ1) is 22.8. The molecular formula is C33H29F4N5O6. The molecule has 2 aliphatic heterocycles. The molecule has 11 nitrogen and oxygen atoms in total. The van der Waals surface area contributed by atoms with E-state index in [4.69, 9.17) is 14.5 Å². The van der Waals surface area contributed by atoms with E-state index in [-0.39, 0.29) is 37.0 Å². The van der Waals surface area contributed by atoms with E-state index in [1.165, 1.54) is 36.4 Å². The van der Waals surface area contributed by atoms with Crippen LogP contribution in [0.2, 0.25) is 0 Å². The molecule has 4 aromatic rings. The Balaban J connectivity index is 1.37. The van der Waals surface area contributed by atoms with Crippen LogP contribution in [0.25, 0.3) is 22.3 Å². The molecule has 2 aromatic heterocycles. The van der Waals surface area contributed by atoms with E-state index >= 15 is 0 Å². The number of halogens is 4. The van der Waals surface area contributed by atoms with Crippen molar-refractivity contribution in [2.75, 3.05) is 25.1 Å². The van der Waals surface area contributed by atoms with E-state index in [2.05, 4.69) is 14.7 Å². The summed E-state index contributed by atoms with van der Waals surface area (Å²) in [6, 6.07) is 11.1. The average molecular weight is 668 g/mol. The van der Waals surface area contributed by atoms with Crippen molar-refractivity contribution >= 4 is 18.0 Å². The third-order valence-corrected chi connectivity index (χ3v) is 8.23. The molecule has 48 heavy (non-hydrogen) atoms. The van der Waals surface area contributed by atoms with Gasteiger partial charge in [-0.15, -0.1) is 13.2 Å². The number of ether oxygens (including phenoxy) is 3. The van der Waals surface area contributed by atoms with Gasteiger partial charge >= 0.3 is 18.4 Å². The van der Waals surface area contributed by atoms with Crippen molar-refractivity contribution in [3.8, 4) is 33.9 Å². The Bertz CT molecular complexity index is 1880. The number of carboxylic acids is 1. The lowest BCUT2D eigenvalue weighted by atomic mass is 9.96. The van der Waals surface area contributed by atoms with Gasteiger partial charge in [0.05, 0.1) is 44.0 Å². The smallest absolute Gasteiger partial charge is 0.481 e. The molecule has 1 N–H and O–H groups in total. The molecule has 250 valence electrons. The molecule has 2 saturated heterocycles. The molecular weight excluding hydrogens is 638 g/mol. The summed E-state index contributed by atoms with van der Waals surface area (Å²) < 4.78 is 67.6. The van der Waals surface area contributed by atoms with Gasteiger partial charge in [-0.05, 0) is 60.9 Å². The molecule has 0 bridgehead atoms. The quantitative estimate of drug-likeness (QED) is 0.202. The van der Waals surface area contributed by atoms with Crippen molar-refractivity contribution < 1.29 is 46.5 Å². The van der Waals surface area contributed by atoms with Gasteiger partial charge in [-0.2, -0.15) is 0 Å². The predicted molar refractivity (Wildman–Crippen MR) is 163 cm³/mol. The molecule has 2 unspecified atom stereocenters. The third-order valence-electron chi connectivity index (χ3n) is 8.23. The summed E-state index contributed by atoms with van der Waals surface area (Å²) in [4.78, 5) is 41.4. The Hall–Kier alpha value is -5.47. The highest BCUT2D eigenvalue weighted by molar-refractivity contribution is 5.89. The third kappa shape index (κ3) is 6.52. The molecule has 2 atom stereocenters. The summed E-state index contributed by atoms with van der Waals surface area (Å²) in [5.74, 6) is -1.03. The van der Waals surface area contributed by atoms with E-state index in [9.17, 15) is 32.3 Å². The van der Waals surface area contributed by atoms with Crippen LogP contribution in [0.3, 0.4) is 0 Å². The van der Waals surface area contributed by atoms with Gasteiger partial charge < -0.3 is 24.2 Å². The van der Waals surface area contributed by atoms with Crippen molar-refractivity contribution in [3.63, 3.8) is 0 Å². The Morgan fingerprint density at radius 3 is 2.50 bits per heavy atom. The van der Waals surface area contributed by atoms with Gasteiger partial charge in [-0.25, -0.2) is 28.9 Å². The van der Waals surface area contributed by atoms with Crippen LogP contribution in [0.1, 0.15) is 40.2 Å². The van der Waals surface area contributed by atoms with Gasteiger partial charge in [-0.1, -0.05) is 18.2 Å². The van der Waals surface area contributed by atoms with Crippen molar-refractivity contribution in [2.24, 2.45) is 0 Å². The van der Waals surface area contributed by atoms with E-state index in [1.54, 1.807) is 49.2 Å². The topological polar surface area (TPSA) is 127 Å². The number of carbonyl (C=O) groups excluding carboxylic acids is 1. The molecule has 6 rings (SSSR count). The Morgan fingerprint density at radius 1 is 1.06 bits per heavy atom. The normalized spacial score (nSPS) is 18.0. The second-order valence-corrected chi connectivity index (χ2v) is 11.4. The van der Waals surface area contributed by atoms with Crippen LogP contribution in [0.5, 0.6) is 11.6 Å². The molecule has 0 aliphatic carbocycles. The molecule has 0 saturated carbocycles. The standard InChI is InChI=1S/C33H29F4N5O6/c1-17-9-20(30(43)44)7-8-24(17)21-11-25(29(46-3)38-12-21)26-13-39-31(41-14-22(34)15-41)40-27(26)16-42-18(2)28(47-32(42)45)19-5-4-6-23(10-19)48-33(35,36)37/h4-13,18,22,28H,14-16H2,1-3H3,(H,43,44). The lowest BCUT2D eigenvalue weighted by molar-refractivity contribution is -0.274. The first-order valence-corrected chi connectivity index (χ1v) is 14.8. The number of rotatable bonds is 9. The highest BCUT2D eigenvalue weighted by Gasteiger charge is 2.41. The minimum atomic E-state index is -4.89. The number of carbonyl (C=O) groups is 2. The van der Waals surface area contributed by atoms with Gasteiger partial charge in [0.15, 0.2) is 0 Å². The minimum absolute atomic E-state index is 0.103. The largest absolute Gasteiger partial charge is 0.573 e. The summed E-state index contributed by atoms with van der Waals surface area (Å²) >= 11 is 0. The number of carboxylic acid groups (broad SMARTS) is 1. The predicted octanol–water partition coefficient (Wildman–Crippen LogP) is 6.36. The maximum atomic E-state index is 13.8. The molecule has 1 amide bonds. The van der Waals surface area contributed by atoms with E-state index < -0.39 is 42.5 Å². The van der Waals surface area contributed by atoms with Gasteiger partial charge in [0.1, 0.15) is 18.0 Å². The van der Waals surface area contributed by atoms with Crippen LogP contribution in [0, 0.1) is 6.92 Å². The van der Waals surface area contributed by atoms with Gasteiger partial charge in [0, 0.05) is 29.1 Å². The van der Waals surface area contributed by atoms with Crippen LogP contribution in [0.15, 0.2) is 60.9 Å². The number of amides is 1. The number of alkyl halides is 4. The molecule has 2 aromatic carbocycles. The summed E-state index contributed by atoms with van der Waals surface area (Å²) in [5, 5.41) is 9.40. The van der Waals surface area contributed by atoms with E-state index in [0.29, 0.717) is 33.5 Å². The van der Waals surface area contributed by atoms with Crippen LogP contribution in [-0.4, -0.2) is 75.8 Å². The zero-order valence-electron chi connectivity index (χ0n) is 25.9. The monoisotopic (exact) mass is 667 g/mol. The van der Waals surface area contributed by atoms with Crippen molar-refractivity contribution in [2.45, 2.75) is 45.1 Å². The number of aryl methyl sites for hydroxylation is 1. The zero-order chi connectivity index (χ0) is 34.3. The highest BCUT2D eigenvalue weighted by atomic mass is 19.4. The number of cyclic esters (lactones) is 1. The van der Waals surface area contributed by atoms with Crippen molar-refractivity contribution in [1.82, 2.24) is 19.9 Å². The van der Waals surface area contributed by atoms with Gasteiger partial charge in [0.25, 0.3) is 0 Å². The van der Waals surface area contributed by atoms with Gasteiger partial charge in [0.2, 0.25) is 11.8 Å². The van der Waals surface area contributed by atoms with Crippen LogP contribution < -0.4 is 14.4 Å². The summed E-state index contributed by atoms with van der Waals surface area (Å²) in [7, 11) is 1.44. The van der Waals surface area contributed by atoms with Crippen molar-refractivity contribution in [1.29, 1.82) is 0 Å². The van der Waals surface area contributed by atoms with Crippen molar-refractivity contribution in [3.05, 3.63) is 83.3 Å². The fourth-order valence-electron chi connectivity index (χ4n) is 5.78. The number of anilines is 1. The number of aromatic carboxylic acids is 1. The number of hydrogen-bond donors (Lipinski definition) is 1. The number of hydrogen-bond acceptors (Lipinski definition) is 9. The van der Waals surface area contributed by atoms with E-state index in [0.717, 1.165) is 11.6 Å². The SMILES string of the molecule is COc1ncc(-c2ccc(C(=O)O)cc2C)cc1-c1cnc(N2CC(F)C2)nc1CN1C(=O)OC(c2cccc(OC(F)(F)F)c2)C1C. The maximum Gasteiger partial charge on any atom is 0.573 e. The lowest BCUT2D eigenvalue weighted by Crippen LogP contribution is -2.49. The summed E-state index contributed by atoms with van der Waals surface area (Å²) in [6.07, 6.45) is -4.44. The average Bonchev–Trinajstić information content (AvgIpc) is 3.30. The fraction of sp³-hybridized carbons (Fsp3) is 0.303. The molecule has 15 heteroatoms. The Kier molecular flexibility index (Phi) is 8.54. The zero-order valence-corrected chi connectivity index (χ0v) is 25.9. The lowest BCUT2D eigenvalue weighted by Gasteiger charge is -2.34. The molecule has 4 heterocycles. The summed E-state index contributed by atoms with van der Waals surface area (Å²) in [6.45, 7) is 3.58. The number of pyridine rings is 1. The second-order valence-electron chi connectivity index (χ2n) is 11.4. The van der Waals surface area contributed by atoms with Crippen LogP contribution in [0.4, 0.5) is 28.3 Å². The Labute approximate surface area is 271 Å². The van der Waals surface area contributed by atoms with Crippen LogP contribution in [-0.2, 0) is 11.3 Å². The van der Waals surface area contributed by atoms with Crippen LogP contribution >= 0.6 is 0 Å². The number of nitrogens with zero attached hydrogens (tertiary/aromatic N) is 5. The summed E-state index contributed by atoms with van der Waals surface area (Å²) in [5.41, 5.74) is 3.79. The Morgan fingerprint density at radius 2 is 1.83 bits per heavy atom. The minimum Gasteiger partial charge on any atom is -0.481 e. The first-order valence-electron chi connectivity index (χ1n) is 14.8. The van der Waals surface area contributed by atoms with E-state index in [1.807, 2.05) is 0 Å². The first kappa shape index (κ1) is 32.5. The number of methoxy groups -OCH3 is 1. The maximum absolute atomic E-state index is 13.8. The highest BCUT2D eigenvalue weighted by Crippen LogP contribution is 2.39. The molecule has 2 fully saturated rings. The number of aromatic nitrogens is 3. The molecule has 0 radical (unpaired) electrons. The fourth-order valence-corrected chi connectivity index (χ4v) is 5.78. The second kappa shape index (κ2) is 12.6. The molecule has 2 aliphatic rings. The number of benzene rings is 2. The molecule has 0 spiro atoms. The van der Waals surface area contributed by atoms with Gasteiger partial charge in [-0.3, -0.25) is 4.90 Å².